The second-order valence-electron chi connectivity index (χ2n) is 2.55. The molecule has 0 atom stereocenters. The Bertz CT molecular complexity index is 497. The van der Waals surface area contributed by atoms with E-state index in [0.717, 1.165) is 14.1 Å². The van der Waals surface area contributed by atoms with Crippen molar-refractivity contribution in [2.45, 2.75) is 0 Å². The molecule has 14 heavy (non-hydrogen) atoms. The van der Waals surface area contributed by atoms with Crippen LogP contribution in [0.3, 0.4) is 0 Å². The fourth-order valence-corrected chi connectivity index (χ4v) is 2.57. The van der Waals surface area contributed by atoms with Crippen LogP contribution in [0.1, 0.15) is 0 Å². The van der Waals surface area contributed by atoms with Gasteiger partial charge in [-0.25, -0.2) is 9.78 Å². The maximum absolute atomic E-state index is 10.5. The molecule has 0 fully saturated rings. The summed E-state index contributed by atoms with van der Waals surface area (Å²) in [4.78, 5) is 14.7. The van der Waals surface area contributed by atoms with E-state index in [1.165, 1.54) is 11.3 Å². The van der Waals surface area contributed by atoms with Crippen molar-refractivity contribution in [2.75, 3.05) is 5.32 Å². The number of thiazole rings is 1. The summed E-state index contributed by atoms with van der Waals surface area (Å²) >= 11 is 4.66. The molecule has 0 bridgehead atoms. The number of carbonyl (C=O) groups is 1. The van der Waals surface area contributed by atoms with Crippen LogP contribution in [0.2, 0.25) is 0 Å². The molecule has 2 aromatic rings. The summed E-state index contributed by atoms with van der Waals surface area (Å²) in [6, 6.07) is 5.31. The van der Waals surface area contributed by atoms with Crippen LogP contribution >= 0.6 is 27.3 Å². The lowest BCUT2D eigenvalue weighted by Gasteiger charge is -1.99. The first-order chi connectivity index (χ1) is 6.66. The molecule has 6 heteroatoms. The van der Waals surface area contributed by atoms with Crippen LogP contribution in [0, 0.1) is 0 Å². The molecule has 1 amide bonds. The van der Waals surface area contributed by atoms with Crippen molar-refractivity contribution in [2.24, 2.45) is 0 Å². The molecule has 0 aliphatic rings. The number of benzene rings is 1. The van der Waals surface area contributed by atoms with Gasteiger partial charge in [0, 0.05) is 0 Å². The zero-order chi connectivity index (χ0) is 10.1. The predicted octanol–water partition coefficient (Wildman–Crippen LogP) is 3.15. The van der Waals surface area contributed by atoms with E-state index in [4.69, 9.17) is 5.11 Å². The molecule has 4 nitrogen and oxygen atoms in total. The highest BCUT2D eigenvalue weighted by Crippen LogP contribution is 2.31. The van der Waals surface area contributed by atoms with Gasteiger partial charge in [-0.1, -0.05) is 6.07 Å². The van der Waals surface area contributed by atoms with E-state index in [9.17, 15) is 4.79 Å². The third kappa shape index (κ3) is 1.71. The Morgan fingerprint density at radius 2 is 2.36 bits per heavy atom. The summed E-state index contributed by atoms with van der Waals surface area (Å²) in [5.41, 5.74) is 1.35. The number of halogens is 1. The number of anilines is 1. The van der Waals surface area contributed by atoms with Crippen LogP contribution in [0.15, 0.2) is 22.1 Å². The van der Waals surface area contributed by atoms with Crippen molar-refractivity contribution in [1.82, 2.24) is 4.98 Å². The lowest BCUT2D eigenvalue weighted by atomic mass is 10.3. The Hall–Kier alpha value is -1.14. The highest BCUT2D eigenvalue weighted by atomic mass is 79.9. The number of hydrogen-bond donors (Lipinski definition) is 2. The van der Waals surface area contributed by atoms with Crippen molar-refractivity contribution >= 4 is 49.3 Å². The average molecular weight is 273 g/mol. The minimum atomic E-state index is -1.07. The van der Waals surface area contributed by atoms with Gasteiger partial charge < -0.3 is 5.11 Å². The van der Waals surface area contributed by atoms with Crippen molar-refractivity contribution in [1.29, 1.82) is 0 Å². The van der Waals surface area contributed by atoms with Gasteiger partial charge in [0.05, 0.1) is 15.9 Å². The first kappa shape index (κ1) is 9.42. The molecule has 72 valence electrons. The maximum atomic E-state index is 10.5. The first-order valence-electron chi connectivity index (χ1n) is 3.72. The highest BCUT2D eigenvalue weighted by Gasteiger charge is 2.07. The largest absolute Gasteiger partial charge is 0.465 e. The van der Waals surface area contributed by atoms with E-state index in [2.05, 4.69) is 26.2 Å². The molecule has 2 rings (SSSR count). The molecule has 1 aromatic carbocycles. The number of nitrogens with one attached hydrogen (secondary N) is 1. The third-order valence-corrected chi connectivity index (χ3v) is 3.19. The lowest BCUT2D eigenvalue weighted by molar-refractivity contribution is 0.210. The molecule has 2 N–H and O–H groups in total. The smallest absolute Gasteiger partial charge is 0.409 e. The van der Waals surface area contributed by atoms with Crippen molar-refractivity contribution in [3.05, 3.63) is 22.1 Å². The fraction of sp³-hybridized carbons (Fsp3) is 0. The second kappa shape index (κ2) is 3.55. The van der Waals surface area contributed by atoms with Gasteiger partial charge in [0.25, 0.3) is 0 Å². The monoisotopic (exact) mass is 272 g/mol. The summed E-state index contributed by atoms with van der Waals surface area (Å²) in [5.74, 6) is 0. The third-order valence-electron chi connectivity index (χ3n) is 1.63. The quantitative estimate of drug-likeness (QED) is 0.838. The molecule has 0 aliphatic carbocycles. The van der Waals surface area contributed by atoms with Crippen molar-refractivity contribution in [3.63, 3.8) is 0 Å². The number of amides is 1. The summed E-state index contributed by atoms with van der Waals surface area (Å²) in [6.45, 7) is 0. The van der Waals surface area contributed by atoms with Gasteiger partial charge in [0.15, 0.2) is 3.92 Å². The van der Waals surface area contributed by atoms with E-state index >= 15 is 0 Å². The maximum Gasteiger partial charge on any atom is 0.409 e. The van der Waals surface area contributed by atoms with Crippen LogP contribution in [0.25, 0.3) is 10.2 Å². The number of aromatic nitrogens is 1. The molecule has 0 spiro atoms. The number of carboxylic acid groups (broad SMARTS) is 1. The topological polar surface area (TPSA) is 62.2 Å². The molecule has 0 saturated heterocycles. The fourth-order valence-electron chi connectivity index (χ4n) is 1.14. The standard InChI is InChI=1S/C8H5BrN2O2S/c9-7-10-4-2-1-3-5(6(4)14-7)11-8(12)13/h1-3,11H,(H,12,13). The normalized spacial score (nSPS) is 10.4. The lowest BCUT2D eigenvalue weighted by Crippen LogP contribution is -2.06. The average Bonchev–Trinajstić information content (AvgIpc) is 2.45. The van der Waals surface area contributed by atoms with Gasteiger partial charge >= 0.3 is 6.09 Å². The van der Waals surface area contributed by atoms with Crippen molar-refractivity contribution in [3.8, 4) is 0 Å². The number of rotatable bonds is 1. The predicted molar refractivity (Wildman–Crippen MR) is 59.0 cm³/mol. The Morgan fingerprint density at radius 1 is 1.57 bits per heavy atom. The van der Waals surface area contributed by atoms with E-state index in [1.54, 1.807) is 12.1 Å². The summed E-state index contributed by atoms with van der Waals surface area (Å²) in [6.07, 6.45) is -1.07. The Kier molecular flexibility index (Phi) is 2.39. The van der Waals surface area contributed by atoms with Crippen LogP contribution in [-0.4, -0.2) is 16.2 Å². The Labute approximate surface area is 91.7 Å². The van der Waals surface area contributed by atoms with E-state index < -0.39 is 6.09 Å². The van der Waals surface area contributed by atoms with Crippen LogP contribution in [0.4, 0.5) is 10.5 Å². The van der Waals surface area contributed by atoms with Crippen molar-refractivity contribution < 1.29 is 9.90 Å². The Morgan fingerprint density at radius 3 is 3.07 bits per heavy atom. The highest BCUT2D eigenvalue weighted by molar-refractivity contribution is 9.11. The molecule has 0 unspecified atom stereocenters. The van der Waals surface area contributed by atoms with Gasteiger partial charge in [0.1, 0.15) is 0 Å². The zero-order valence-electron chi connectivity index (χ0n) is 6.82. The summed E-state index contributed by atoms with van der Waals surface area (Å²) in [5, 5.41) is 10.9. The second-order valence-corrected chi connectivity index (χ2v) is 4.83. The van der Waals surface area contributed by atoms with E-state index in [1.807, 2.05) is 6.07 Å². The van der Waals surface area contributed by atoms with Gasteiger partial charge in [-0.15, -0.1) is 11.3 Å². The van der Waals surface area contributed by atoms with Gasteiger partial charge in [-0.2, -0.15) is 0 Å². The van der Waals surface area contributed by atoms with Gasteiger partial charge in [0.2, 0.25) is 0 Å². The van der Waals surface area contributed by atoms with Gasteiger partial charge in [-0.05, 0) is 28.1 Å². The first-order valence-corrected chi connectivity index (χ1v) is 5.33. The van der Waals surface area contributed by atoms with E-state index in [-0.39, 0.29) is 0 Å². The minimum absolute atomic E-state index is 0.568. The zero-order valence-corrected chi connectivity index (χ0v) is 9.22. The Balaban J connectivity index is 2.58. The SMILES string of the molecule is O=C(O)Nc1cccc2nc(Br)sc12. The number of hydrogen-bond acceptors (Lipinski definition) is 3. The van der Waals surface area contributed by atoms with Crippen LogP contribution in [-0.2, 0) is 0 Å². The summed E-state index contributed by atoms with van der Waals surface area (Å²) < 4.78 is 1.58. The number of nitrogens with zero attached hydrogens (tertiary/aromatic N) is 1. The molecule has 1 heterocycles. The van der Waals surface area contributed by atoms with Crippen LogP contribution in [0.5, 0.6) is 0 Å². The molecule has 0 aliphatic heterocycles. The molecular formula is C8H5BrN2O2S. The van der Waals surface area contributed by atoms with E-state index in [0.29, 0.717) is 5.69 Å². The molecule has 0 radical (unpaired) electrons. The molecule has 0 saturated carbocycles. The molecule has 1 aromatic heterocycles. The van der Waals surface area contributed by atoms with Gasteiger partial charge in [-0.3, -0.25) is 5.32 Å². The van der Waals surface area contributed by atoms with Crippen LogP contribution < -0.4 is 5.32 Å². The summed E-state index contributed by atoms with van der Waals surface area (Å²) in [7, 11) is 0. The number of fused-ring (bicyclic) bond motifs is 1. The molecular weight excluding hydrogens is 268 g/mol. The minimum Gasteiger partial charge on any atom is -0.465 e.